The molecule has 0 saturated heterocycles. The highest BCUT2D eigenvalue weighted by Gasteiger charge is 2.23. The first kappa shape index (κ1) is 13.9. The van der Waals surface area contributed by atoms with Gasteiger partial charge in [-0.2, -0.15) is 0 Å². The number of hydrogen-bond donors (Lipinski definition) is 1. The predicted octanol–water partition coefficient (Wildman–Crippen LogP) is 2.29. The molecule has 1 aromatic rings. The highest BCUT2D eigenvalue weighted by Crippen LogP contribution is 2.30. The van der Waals surface area contributed by atoms with Crippen LogP contribution in [0.3, 0.4) is 0 Å². The Hall–Kier alpha value is -1.55. The molecule has 4 nitrogen and oxygen atoms in total. The van der Waals surface area contributed by atoms with E-state index in [0.717, 1.165) is 24.4 Å². The Balaban J connectivity index is 2.05. The molecule has 1 N–H and O–H groups in total. The zero-order chi connectivity index (χ0) is 14.0. The van der Waals surface area contributed by atoms with Crippen molar-refractivity contribution in [2.24, 2.45) is 0 Å². The van der Waals surface area contributed by atoms with E-state index < -0.39 is 6.10 Å². The number of ether oxygens (including phenoxy) is 1. The third-order valence-corrected chi connectivity index (χ3v) is 3.61. The molecule has 1 heterocycles. The van der Waals surface area contributed by atoms with Crippen LogP contribution in [-0.4, -0.2) is 36.5 Å². The lowest BCUT2D eigenvalue weighted by molar-refractivity contribution is -0.122. The third-order valence-electron chi connectivity index (χ3n) is 3.61. The summed E-state index contributed by atoms with van der Waals surface area (Å²) in [6, 6.07) is 6.56. The van der Waals surface area contributed by atoms with Crippen molar-refractivity contribution in [1.29, 1.82) is 0 Å². The van der Waals surface area contributed by atoms with E-state index in [9.17, 15) is 4.79 Å². The number of benzene rings is 1. The molecular formula is C15H22N2O2. The molecule has 0 aromatic heterocycles. The molecular weight excluding hydrogens is 240 g/mol. The summed E-state index contributed by atoms with van der Waals surface area (Å²) < 4.78 is 5.54. The lowest BCUT2D eigenvalue weighted by Gasteiger charge is -2.24. The number of nitrogens with one attached hydrogen (secondary N) is 1. The van der Waals surface area contributed by atoms with E-state index in [1.165, 1.54) is 5.56 Å². The smallest absolute Gasteiger partial charge is 0.265 e. The zero-order valence-electron chi connectivity index (χ0n) is 12.1. The van der Waals surface area contributed by atoms with Gasteiger partial charge < -0.3 is 15.0 Å². The summed E-state index contributed by atoms with van der Waals surface area (Å²) in [6.45, 7) is 7.12. The zero-order valence-corrected chi connectivity index (χ0v) is 12.1. The summed E-state index contributed by atoms with van der Waals surface area (Å²) in [5.41, 5.74) is 2.00. The Labute approximate surface area is 114 Å². The molecule has 0 bridgehead atoms. The van der Waals surface area contributed by atoms with E-state index in [4.69, 9.17) is 4.74 Å². The molecule has 1 aliphatic rings. The number of anilines is 1. The first-order valence-electron chi connectivity index (χ1n) is 6.78. The fourth-order valence-corrected chi connectivity index (χ4v) is 1.98. The van der Waals surface area contributed by atoms with Gasteiger partial charge in [0, 0.05) is 12.6 Å². The summed E-state index contributed by atoms with van der Waals surface area (Å²) in [5, 5.41) is 2.88. The second-order valence-electron chi connectivity index (χ2n) is 5.40. The van der Waals surface area contributed by atoms with Crippen LogP contribution < -0.4 is 10.1 Å². The van der Waals surface area contributed by atoms with Crippen LogP contribution >= 0.6 is 0 Å². The Bertz CT molecular complexity index is 471. The van der Waals surface area contributed by atoms with Gasteiger partial charge in [0.1, 0.15) is 5.75 Å². The molecule has 104 valence electrons. The fraction of sp³-hybridized carbons (Fsp3) is 0.533. The molecule has 4 heteroatoms. The van der Waals surface area contributed by atoms with Crippen LogP contribution in [0.4, 0.5) is 5.69 Å². The number of amides is 1. The maximum atomic E-state index is 11.6. The van der Waals surface area contributed by atoms with Crippen LogP contribution in [0, 0.1) is 0 Å². The average Bonchev–Trinajstić information content (AvgIpc) is 2.37. The standard InChI is InChI=1S/C15H22N2O2/c1-10(2)17(4)8-7-12-5-6-14-13(9-12)16-15(18)11(3)19-14/h5-6,9-11H,7-8H2,1-4H3,(H,16,18). The number of carbonyl (C=O) groups excluding carboxylic acids is 1. The van der Waals surface area contributed by atoms with Gasteiger partial charge in [-0.1, -0.05) is 6.07 Å². The lowest BCUT2D eigenvalue weighted by atomic mass is 10.1. The first-order chi connectivity index (χ1) is 8.97. The van der Waals surface area contributed by atoms with Crippen LogP contribution in [-0.2, 0) is 11.2 Å². The van der Waals surface area contributed by atoms with E-state index in [1.807, 2.05) is 12.1 Å². The second-order valence-corrected chi connectivity index (χ2v) is 5.40. The summed E-state index contributed by atoms with van der Waals surface area (Å²) >= 11 is 0. The van der Waals surface area contributed by atoms with Gasteiger partial charge in [0.05, 0.1) is 5.69 Å². The summed E-state index contributed by atoms with van der Waals surface area (Å²) in [4.78, 5) is 13.9. The Morgan fingerprint density at radius 1 is 1.42 bits per heavy atom. The Morgan fingerprint density at radius 3 is 2.84 bits per heavy atom. The highest BCUT2D eigenvalue weighted by atomic mass is 16.5. The van der Waals surface area contributed by atoms with Gasteiger partial charge in [-0.25, -0.2) is 0 Å². The van der Waals surface area contributed by atoms with Crippen molar-refractivity contribution < 1.29 is 9.53 Å². The molecule has 1 unspecified atom stereocenters. The SMILES string of the molecule is CC1Oc2ccc(CCN(C)C(C)C)cc2NC1=O. The number of likely N-dealkylation sites (N-methyl/N-ethyl adjacent to an activating group) is 1. The van der Waals surface area contributed by atoms with Gasteiger partial charge >= 0.3 is 0 Å². The molecule has 0 saturated carbocycles. The maximum Gasteiger partial charge on any atom is 0.265 e. The minimum atomic E-state index is -0.412. The van der Waals surface area contributed by atoms with Gasteiger partial charge in [-0.3, -0.25) is 4.79 Å². The minimum absolute atomic E-state index is 0.0797. The quantitative estimate of drug-likeness (QED) is 0.905. The molecule has 2 rings (SSSR count). The van der Waals surface area contributed by atoms with Crippen molar-refractivity contribution in [3.8, 4) is 5.75 Å². The normalized spacial score (nSPS) is 18.2. The van der Waals surface area contributed by atoms with Crippen LogP contribution in [0.15, 0.2) is 18.2 Å². The number of fused-ring (bicyclic) bond motifs is 1. The predicted molar refractivity (Wildman–Crippen MR) is 76.6 cm³/mol. The number of nitrogens with zero attached hydrogens (tertiary/aromatic N) is 1. The van der Waals surface area contributed by atoms with Crippen molar-refractivity contribution in [3.63, 3.8) is 0 Å². The summed E-state index contributed by atoms with van der Waals surface area (Å²) in [7, 11) is 2.12. The molecule has 1 atom stereocenters. The van der Waals surface area contributed by atoms with Gasteiger partial charge in [-0.15, -0.1) is 0 Å². The first-order valence-corrected chi connectivity index (χ1v) is 6.78. The van der Waals surface area contributed by atoms with E-state index in [1.54, 1.807) is 6.92 Å². The van der Waals surface area contributed by atoms with E-state index in [2.05, 4.69) is 37.2 Å². The molecule has 1 aliphatic heterocycles. The van der Waals surface area contributed by atoms with E-state index >= 15 is 0 Å². The summed E-state index contributed by atoms with van der Waals surface area (Å²) in [5.74, 6) is 0.678. The number of rotatable bonds is 4. The Morgan fingerprint density at radius 2 is 2.16 bits per heavy atom. The van der Waals surface area contributed by atoms with E-state index in [-0.39, 0.29) is 5.91 Å². The number of hydrogen-bond acceptors (Lipinski definition) is 3. The minimum Gasteiger partial charge on any atom is -0.479 e. The van der Waals surface area contributed by atoms with Crippen LogP contribution in [0.25, 0.3) is 0 Å². The van der Waals surface area contributed by atoms with Crippen LogP contribution in [0.5, 0.6) is 5.75 Å². The topological polar surface area (TPSA) is 41.6 Å². The van der Waals surface area contributed by atoms with Crippen molar-refractivity contribution >= 4 is 11.6 Å². The van der Waals surface area contributed by atoms with Gasteiger partial charge in [0.15, 0.2) is 6.10 Å². The monoisotopic (exact) mass is 262 g/mol. The second kappa shape index (κ2) is 5.61. The van der Waals surface area contributed by atoms with Gasteiger partial charge in [0.25, 0.3) is 5.91 Å². The molecule has 0 radical (unpaired) electrons. The molecule has 1 aromatic carbocycles. The van der Waals surface area contributed by atoms with Crippen LogP contribution in [0.2, 0.25) is 0 Å². The van der Waals surface area contributed by atoms with Crippen molar-refractivity contribution in [1.82, 2.24) is 4.90 Å². The average molecular weight is 262 g/mol. The van der Waals surface area contributed by atoms with Crippen molar-refractivity contribution in [2.45, 2.75) is 39.3 Å². The van der Waals surface area contributed by atoms with Crippen LogP contribution in [0.1, 0.15) is 26.3 Å². The Kier molecular flexibility index (Phi) is 4.10. The largest absolute Gasteiger partial charge is 0.479 e. The highest BCUT2D eigenvalue weighted by molar-refractivity contribution is 5.97. The van der Waals surface area contributed by atoms with Crippen molar-refractivity contribution in [3.05, 3.63) is 23.8 Å². The molecule has 0 spiro atoms. The molecule has 0 fully saturated rings. The van der Waals surface area contributed by atoms with Gasteiger partial charge in [-0.05, 0) is 51.9 Å². The van der Waals surface area contributed by atoms with Crippen molar-refractivity contribution in [2.75, 3.05) is 18.9 Å². The lowest BCUT2D eigenvalue weighted by Crippen LogP contribution is -2.34. The van der Waals surface area contributed by atoms with E-state index in [0.29, 0.717) is 6.04 Å². The molecule has 19 heavy (non-hydrogen) atoms. The molecule has 0 aliphatic carbocycles. The fourth-order valence-electron chi connectivity index (χ4n) is 1.98. The van der Waals surface area contributed by atoms with Gasteiger partial charge in [0.2, 0.25) is 0 Å². The number of carbonyl (C=O) groups is 1. The molecule has 1 amide bonds. The third kappa shape index (κ3) is 3.26. The summed E-state index contributed by atoms with van der Waals surface area (Å²) in [6.07, 6.45) is 0.554. The maximum absolute atomic E-state index is 11.6.